The highest BCUT2D eigenvalue weighted by molar-refractivity contribution is 5.97. The molecular formula is C19H27N3O2. The maximum atomic E-state index is 12.5. The number of aryl methyl sites for hydroxylation is 1. The first kappa shape index (κ1) is 17.0. The van der Waals surface area contributed by atoms with Crippen molar-refractivity contribution in [1.82, 2.24) is 9.80 Å². The highest BCUT2D eigenvalue weighted by atomic mass is 16.2. The van der Waals surface area contributed by atoms with Crippen LogP contribution in [0.15, 0.2) is 18.2 Å². The minimum Gasteiger partial charge on any atom is -0.324 e. The molecule has 1 N–H and O–H groups in total. The lowest BCUT2D eigenvalue weighted by molar-refractivity contribution is 0.101. The highest BCUT2D eigenvalue weighted by Gasteiger charge is 2.28. The molecule has 3 rings (SSSR count). The normalized spacial score (nSPS) is 21.2. The standard InChI is InChI=1S/C19H27N3O2/c1-14-11-17(5-6-18(14)15(2)23)20-19(24)22-10-7-16(13-22)12-21-8-3-4-9-21/h5-6,11,16H,3-4,7-10,12-13H2,1-2H3,(H,20,24). The topological polar surface area (TPSA) is 52.7 Å². The molecule has 1 aromatic carbocycles. The summed E-state index contributed by atoms with van der Waals surface area (Å²) in [6.07, 6.45) is 3.71. The molecule has 2 amide bonds. The zero-order valence-corrected chi connectivity index (χ0v) is 14.7. The molecule has 1 aromatic rings. The molecule has 0 aromatic heterocycles. The molecule has 130 valence electrons. The molecule has 2 fully saturated rings. The zero-order valence-electron chi connectivity index (χ0n) is 14.7. The summed E-state index contributed by atoms with van der Waals surface area (Å²) in [5.41, 5.74) is 2.36. The lowest BCUT2D eigenvalue weighted by Gasteiger charge is -2.21. The Morgan fingerprint density at radius 1 is 1.21 bits per heavy atom. The van der Waals surface area contributed by atoms with Gasteiger partial charge >= 0.3 is 6.03 Å². The van der Waals surface area contributed by atoms with Gasteiger partial charge in [-0.25, -0.2) is 4.79 Å². The van der Waals surface area contributed by atoms with E-state index in [1.807, 2.05) is 17.9 Å². The van der Waals surface area contributed by atoms with Gasteiger partial charge < -0.3 is 15.1 Å². The Morgan fingerprint density at radius 2 is 1.96 bits per heavy atom. The summed E-state index contributed by atoms with van der Waals surface area (Å²) in [6, 6.07) is 5.42. The van der Waals surface area contributed by atoms with Gasteiger partial charge in [0.25, 0.3) is 0 Å². The largest absolute Gasteiger partial charge is 0.324 e. The Morgan fingerprint density at radius 3 is 2.62 bits per heavy atom. The Kier molecular flexibility index (Phi) is 5.19. The minimum atomic E-state index is -0.0334. The van der Waals surface area contributed by atoms with Gasteiger partial charge in [-0.15, -0.1) is 0 Å². The third-order valence-electron chi connectivity index (χ3n) is 5.15. The van der Waals surface area contributed by atoms with Crippen LogP contribution in [0, 0.1) is 12.8 Å². The molecule has 5 heteroatoms. The fourth-order valence-corrected chi connectivity index (χ4v) is 3.84. The van der Waals surface area contributed by atoms with E-state index in [-0.39, 0.29) is 11.8 Å². The van der Waals surface area contributed by atoms with Crippen molar-refractivity contribution in [3.63, 3.8) is 0 Å². The number of benzene rings is 1. The molecule has 24 heavy (non-hydrogen) atoms. The van der Waals surface area contributed by atoms with Gasteiger partial charge in [-0.1, -0.05) is 0 Å². The Labute approximate surface area is 144 Å². The van der Waals surface area contributed by atoms with Crippen molar-refractivity contribution in [3.05, 3.63) is 29.3 Å². The smallest absolute Gasteiger partial charge is 0.321 e. The van der Waals surface area contributed by atoms with Crippen molar-refractivity contribution in [2.24, 2.45) is 5.92 Å². The molecule has 0 spiro atoms. The van der Waals surface area contributed by atoms with Gasteiger partial charge in [0.05, 0.1) is 0 Å². The maximum Gasteiger partial charge on any atom is 0.321 e. The van der Waals surface area contributed by atoms with E-state index in [4.69, 9.17) is 0 Å². The van der Waals surface area contributed by atoms with E-state index in [1.54, 1.807) is 19.1 Å². The molecule has 1 atom stereocenters. The first-order valence-electron chi connectivity index (χ1n) is 8.93. The lowest BCUT2D eigenvalue weighted by Crippen LogP contribution is -2.34. The van der Waals surface area contributed by atoms with Gasteiger partial charge in [0.2, 0.25) is 0 Å². The Hall–Kier alpha value is -1.88. The van der Waals surface area contributed by atoms with Gasteiger partial charge in [0, 0.05) is 30.9 Å². The molecule has 0 radical (unpaired) electrons. The minimum absolute atomic E-state index is 0.0334. The molecule has 0 saturated carbocycles. The van der Waals surface area contributed by atoms with Crippen LogP contribution in [-0.4, -0.2) is 54.3 Å². The van der Waals surface area contributed by atoms with Crippen LogP contribution in [0.25, 0.3) is 0 Å². The molecule has 1 unspecified atom stereocenters. The number of carbonyl (C=O) groups excluding carboxylic acids is 2. The van der Waals surface area contributed by atoms with Crippen LogP contribution < -0.4 is 5.32 Å². The predicted octanol–water partition coefficient (Wildman–Crippen LogP) is 3.15. The van der Waals surface area contributed by atoms with E-state index in [0.717, 1.165) is 37.3 Å². The van der Waals surface area contributed by atoms with Gasteiger partial charge in [-0.05, 0) is 75.9 Å². The monoisotopic (exact) mass is 329 g/mol. The van der Waals surface area contributed by atoms with Crippen molar-refractivity contribution in [2.75, 3.05) is 38.0 Å². The van der Waals surface area contributed by atoms with E-state index in [9.17, 15) is 9.59 Å². The number of nitrogens with zero attached hydrogens (tertiary/aromatic N) is 2. The summed E-state index contributed by atoms with van der Waals surface area (Å²) >= 11 is 0. The number of Topliss-reactive ketones (excluding diaryl/α,β-unsaturated/α-hetero) is 1. The average molecular weight is 329 g/mol. The van der Waals surface area contributed by atoms with Crippen molar-refractivity contribution >= 4 is 17.5 Å². The van der Waals surface area contributed by atoms with Crippen LogP contribution in [0.3, 0.4) is 0 Å². The van der Waals surface area contributed by atoms with Crippen molar-refractivity contribution in [1.29, 1.82) is 0 Å². The second-order valence-electron chi connectivity index (χ2n) is 7.12. The van der Waals surface area contributed by atoms with E-state index in [0.29, 0.717) is 11.5 Å². The molecular weight excluding hydrogens is 302 g/mol. The van der Waals surface area contributed by atoms with Crippen LogP contribution >= 0.6 is 0 Å². The van der Waals surface area contributed by atoms with Crippen LogP contribution in [0.2, 0.25) is 0 Å². The van der Waals surface area contributed by atoms with Gasteiger partial charge in [0.15, 0.2) is 5.78 Å². The zero-order chi connectivity index (χ0) is 17.1. The van der Waals surface area contributed by atoms with Crippen LogP contribution in [0.1, 0.15) is 42.1 Å². The molecule has 2 saturated heterocycles. The van der Waals surface area contributed by atoms with Crippen LogP contribution in [0.5, 0.6) is 0 Å². The quantitative estimate of drug-likeness (QED) is 0.864. The summed E-state index contributed by atoms with van der Waals surface area (Å²) in [6.45, 7) is 8.67. The van der Waals surface area contributed by atoms with E-state index >= 15 is 0 Å². The maximum absolute atomic E-state index is 12.5. The molecule has 0 aliphatic carbocycles. The third-order valence-corrected chi connectivity index (χ3v) is 5.15. The number of rotatable bonds is 4. The van der Waals surface area contributed by atoms with Crippen molar-refractivity contribution in [3.8, 4) is 0 Å². The number of anilines is 1. The highest BCUT2D eigenvalue weighted by Crippen LogP contribution is 2.21. The van der Waals surface area contributed by atoms with Crippen LogP contribution in [0.4, 0.5) is 10.5 Å². The number of likely N-dealkylation sites (tertiary alicyclic amines) is 2. The number of ketones is 1. The van der Waals surface area contributed by atoms with Crippen molar-refractivity contribution < 1.29 is 9.59 Å². The predicted molar refractivity (Wildman–Crippen MR) is 95.6 cm³/mol. The van der Waals surface area contributed by atoms with Crippen molar-refractivity contribution in [2.45, 2.75) is 33.1 Å². The number of carbonyl (C=O) groups is 2. The van der Waals surface area contributed by atoms with Gasteiger partial charge in [-0.3, -0.25) is 4.79 Å². The number of nitrogens with one attached hydrogen (secondary N) is 1. The number of hydrogen-bond donors (Lipinski definition) is 1. The van der Waals surface area contributed by atoms with E-state index in [2.05, 4.69) is 10.2 Å². The molecule has 2 aliphatic heterocycles. The SMILES string of the molecule is CC(=O)c1ccc(NC(=O)N2CCC(CN3CCCC3)C2)cc1C. The fraction of sp³-hybridized carbons (Fsp3) is 0.579. The second kappa shape index (κ2) is 7.34. The third kappa shape index (κ3) is 3.96. The van der Waals surface area contributed by atoms with Gasteiger partial charge in [-0.2, -0.15) is 0 Å². The Bertz CT molecular complexity index is 623. The number of amides is 2. The Balaban J connectivity index is 1.53. The average Bonchev–Trinajstić information content (AvgIpc) is 3.19. The van der Waals surface area contributed by atoms with Gasteiger partial charge in [0.1, 0.15) is 0 Å². The molecule has 5 nitrogen and oxygen atoms in total. The summed E-state index contributed by atoms with van der Waals surface area (Å²) in [7, 11) is 0. The summed E-state index contributed by atoms with van der Waals surface area (Å²) in [5, 5.41) is 2.97. The van der Waals surface area contributed by atoms with E-state index in [1.165, 1.54) is 25.9 Å². The lowest BCUT2D eigenvalue weighted by atomic mass is 10.1. The van der Waals surface area contributed by atoms with E-state index < -0.39 is 0 Å². The first-order chi connectivity index (χ1) is 11.5. The summed E-state index contributed by atoms with van der Waals surface area (Å²) in [5.74, 6) is 0.644. The molecule has 2 aliphatic rings. The number of hydrogen-bond acceptors (Lipinski definition) is 3. The summed E-state index contributed by atoms with van der Waals surface area (Å²) in [4.78, 5) is 28.4. The second-order valence-corrected chi connectivity index (χ2v) is 7.12. The first-order valence-corrected chi connectivity index (χ1v) is 8.93. The fourth-order valence-electron chi connectivity index (χ4n) is 3.84. The molecule has 2 heterocycles. The summed E-state index contributed by atoms with van der Waals surface area (Å²) < 4.78 is 0. The van der Waals surface area contributed by atoms with Crippen LogP contribution in [-0.2, 0) is 0 Å². The number of urea groups is 1. The molecule has 0 bridgehead atoms.